The zero-order valence-corrected chi connectivity index (χ0v) is 30.1. The number of anilines is 3. The van der Waals surface area contributed by atoms with E-state index in [0.29, 0.717) is 5.89 Å². The Morgan fingerprint density at radius 1 is 0.411 bits per heavy atom. The summed E-state index contributed by atoms with van der Waals surface area (Å²) in [6, 6.07) is 63.9. The third kappa shape index (κ3) is 4.95. The largest absolute Gasteiger partial charge is 0.456 e. The second kappa shape index (κ2) is 12.2. The molecule has 3 heterocycles. The molecule has 0 amide bonds. The second-order valence-corrected chi connectivity index (χ2v) is 14.6. The monoisotopic (exact) mass is 720 g/mol. The molecule has 2 aromatic heterocycles. The zero-order chi connectivity index (χ0) is 36.7. The van der Waals surface area contributed by atoms with E-state index in [4.69, 9.17) is 18.6 Å². The van der Waals surface area contributed by atoms with Crippen molar-refractivity contribution < 1.29 is 13.6 Å². The van der Waals surface area contributed by atoms with Crippen LogP contribution in [0.5, 0.6) is 0 Å². The van der Waals surface area contributed by atoms with E-state index in [2.05, 4.69) is 138 Å². The number of fused-ring (bicyclic) bond motifs is 11. The molecule has 1 fully saturated rings. The lowest BCUT2D eigenvalue weighted by molar-refractivity contribution is 0.380. The maximum absolute atomic E-state index is 6.37. The van der Waals surface area contributed by atoms with Gasteiger partial charge < -0.3 is 18.5 Å². The molecule has 8 aromatic carbocycles. The summed E-state index contributed by atoms with van der Waals surface area (Å²) in [4.78, 5) is 7.37. The summed E-state index contributed by atoms with van der Waals surface area (Å²) in [5, 5.41) is 2.22. The number of hydrogen-bond donors (Lipinski definition) is 0. The van der Waals surface area contributed by atoms with Gasteiger partial charge in [-0.2, -0.15) is 0 Å². The topological polar surface area (TPSA) is 54.9 Å². The van der Waals surface area contributed by atoms with Crippen molar-refractivity contribution in [2.75, 3.05) is 4.90 Å². The lowest BCUT2D eigenvalue weighted by Gasteiger charge is -2.26. The molecule has 10 aromatic rings. The first kappa shape index (κ1) is 31.2. The van der Waals surface area contributed by atoms with Crippen LogP contribution in [0.1, 0.15) is 23.3 Å². The molecule has 0 radical (unpaired) electrons. The molecular weight excluding hydrogens is 689 g/mol. The SMILES string of the molecule is c1ccc(-c2cccc(N(c3ccc(-c4ccc5c(c4)-c4c(ccc6oc(-c7ccccc7)nc46)C4OC54)cc3)c3ccc4c(c3)oc3ccccc34)c2)cc1. The first-order valence-corrected chi connectivity index (χ1v) is 19.0. The molecule has 0 bridgehead atoms. The van der Waals surface area contributed by atoms with Crippen LogP contribution in [-0.2, 0) is 4.74 Å². The molecule has 0 saturated carbocycles. The Bertz CT molecular complexity index is 3130. The van der Waals surface area contributed by atoms with Crippen molar-refractivity contribution >= 4 is 50.1 Å². The first-order valence-electron chi connectivity index (χ1n) is 19.0. The molecular formula is C51H32N2O3. The minimum atomic E-state index is 0.0501. The molecule has 0 N–H and O–H groups in total. The fraction of sp³-hybridized carbons (Fsp3) is 0.0392. The van der Waals surface area contributed by atoms with Crippen LogP contribution in [0, 0.1) is 0 Å². The summed E-state index contributed by atoms with van der Waals surface area (Å²) in [6.07, 6.45) is 0.116. The van der Waals surface area contributed by atoms with Crippen LogP contribution >= 0.6 is 0 Å². The number of hydrogen-bond acceptors (Lipinski definition) is 5. The third-order valence-corrected chi connectivity index (χ3v) is 11.3. The molecule has 5 heteroatoms. The van der Waals surface area contributed by atoms with Gasteiger partial charge >= 0.3 is 0 Å². The molecule has 264 valence electrons. The van der Waals surface area contributed by atoms with Gasteiger partial charge in [0.15, 0.2) is 5.58 Å². The van der Waals surface area contributed by atoms with E-state index in [-0.39, 0.29) is 12.2 Å². The molecule has 5 nitrogen and oxygen atoms in total. The van der Waals surface area contributed by atoms with Gasteiger partial charge in [0.1, 0.15) is 28.9 Å². The molecule has 2 unspecified atom stereocenters. The van der Waals surface area contributed by atoms with Crippen LogP contribution in [-0.4, -0.2) is 4.98 Å². The van der Waals surface area contributed by atoms with Crippen LogP contribution in [0.3, 0.4) is 0 Å². The van der Waals surface area contributed by atoms with Gasteiger partial charge in [0.2, 0.25) is 5.89 Å². The van der Waals surface area contributed by atoms with Gasteiger partial charge in [-0.15, -0.1) is 0 Å². The first-order chi connectivity index (χ1) is 27.7. The molecule has 12 rings (SSSR count). The van der Waals surface area contributed by atoms with Gasteiger partial charge in [-0.3, -0.25) is 0 Å². The van der Waals surface area contributed by atoms with Gasteiger partial charge in [0, 0.05) is 45.0 Å². The van der Waals surface area contributed by atoms with Crippen molar-refractivity contribution in [2.24, 2.45) is 0 Å². The smallest absolute Gasteiger partial charge is 0.227 e. The third-order valence-electron chi connectivity index (χ3n) is 11.3. The maximum Gasteiger partial charge on any atom is 0.227 e. The van der Waals surface area contributed by atoms with Crippen LogP contribution in [0.2, 0.25) is 0 Å². The number of aromatic nitrogens is 1. The van der Waals surface area contributed by atoms with Crippen molar-refractivity contribution in [3.63, 3.8) is 0 Å². The van der Waals surface area contributed by atoms with E-state index in [0.717, 1.165) is 83.5 Å². The summed E-state index contributed by atoms with van der Waals surface area (Å²) in [5.74, 6) is 0.625. The van der Waals surface area contributed by atoms with Crippen molar-refractivity contribution in [1.29, 1.82) is 0 Å². The van der Waals surface area contributed by atoms with E-state index < -0.39 is 0 Å². The van der Waals surface area contributed by atoms with Gasteiger partial charge in [-0.1, -0.05) is 109 Å². The summed E-state index contributed by atoms with van der Waals surface area (Å²) < 4.78 is 18.9. The Balaban J connectivity index is 0.960. The number of benzene rings is 8. The lowest BCUT2D eigenvalue weighted by Crippen LogP contribution is -2.10. The van der Waals surface area contributed by atoms with Gasteiger partial charge in [-0.25, -0.2) is 4.98 Å². The molecule has 1 aliphatic heterocycles. The van der Waals surface area contributed by atoms with Crippen LogP contribution in [0.25, 0.3) is 77.9 Å². The lowest BCUT2D eigenvalue weighted by atomic mass is 9.83. The summed E-state index contributed by atoms with van der Waals surface area (Å²) in [5.41, 5.74) is 16.7. The van der Waals surface area contributed by atoms with Crippen molar-refractivity contribution in [2.45, 2.75) is 12.2 Å². The molecule has 2 aliphatic rings. The highest BCUT2D eigenvalue weighted by molar-refractivity contribution is 6.06. The fourth-order valence-electron chi connectivity index (χ4n) is 8.58. The minimum Gasteiger partial charge on any atom is -0.456 e. The number of rotatable bonds is 6. The average molecular weight is 721 g/mol. The van der Waals surface area contributed by atoms with E-state index >= 15 is 0 Å². The van der Waals surface area contributed by atoms with E-state index in [1.165, 1.54) is 16.7 Å². The number of nitrogens with zero attached hydrogens (tertiary/aromatic N) is 2. The van der Waals surface area contributed by atoms with Crippen molar-refractivity contribution in [1.82, 2.24) is 4.98 Å². The quantitative estimate of drug-likeness (QED) is 0.160. The van der Waals surface area contributed by atoms with Gasteiger partial charge in [0.25, 0.3) is 0 Å². The van der Waals surface area contributed by atoms with Crippen molar-refractivity contribution in [3.8, 4) is 44.8 Å². The second-order valence-electron chi connectivity index (χ2n) is 14.6. The molecule has 56 heavy (non-hydrogen) atoms. The minimum absolute atomic E-state index is 0.0501. The van der Waals surface area contributed by atoms with E-state index in [1.54, 1.807) is 0 Å². The standard InChI is InChI=1S/C51H32N2O3/c1-3-10-31(11-4-1)34-14-9-15-37(28-34)53(38-23-25-40-39-16-7-8-17-44(39)54-46(40)30-38)36-21-18-32(19-22-36)35-20-24-41-43(29-35)47-42(50-49(41)56-50)26-27-45-48(47)52-51(55-45)33-12-5-2-6-13-33/h1-30,49-50H. The number of epoxide rings is 1. The molecule has 0 spiro atoms. The summed E-state index contributed by atoms with van der Waals surface area (Å²) in [6.45, 7) is 0. The number of para-hydroxylation sites is 1. The van der Waals surface area contributed by atoms with E-state index in [1.807, 2.05) is 48.5 Å². The van der Waals surface area contributed by atoms with Crippen molar-refractivity contribution in [3.05, 3.63) is 193 Å². The van der Waals surface area contributed by atoms with Crippen LogP contribution < -0.4 is 4.90 Å². The number of oxazole rings is 1. The Morgan fingerprint density at radius 3 is 1.91 bits per heavy atom. The summed E-state index contributed by atoms with van der Waals surface area (Å²) >= 11 is 0. The van der Waals surface area contributed by atoms with Crippen LogP contribution in [0.4, 0.5) is 17.1 Å². The predicted octanol–water partition coefficient (Wildman–Crippen LogP) is 14.0. The highest BCUT2D eigenvalue weighted by Gasteiger charge is 2.48. The average Bonchev–Trinajstić information content (AvgIpc) is 3.81. The fourth-order valence-corrected chi connectivity index (χ4v) is 8.58. The Morgan fingerprint density at radius 2 is 1.05 bits per heavy atom. The highest BCUT2D eigenvalue weighted by Crippen LogP contribution is 2.61. The zero-order valence-electron chi connectivity index (χ0n) is 30.1. The Labute approximate surface area is 322 Å². The van der Waals surface area contributed by atoms with Gasteiger partial charge in [-0.05, 0) is 106 Å². The normalized spacial score (nSPS) is 15.4. The summed E-state index contributed by atoms with van der Waals surface area (Å²) in [7, 11) is 0. The maximum atomic E-state index is 6.37. The number of ether oxygens (including phenoxy) is 1. The van der Waals surface area contributed by atoms with Crippen LogP contribution in [0.15, 0.2) is 191 Å². The van der Waals surface area contributed by atoms with Gasteiger partial charge in [0.05, 0.1) is 0 Å². The Kier molecular flexibility index (Phi) is 6.76. The highest BCUT2D eigenvalue weighted by atomic mass is 16.6. The molecule has 2 atom stereocenters. The molecule has 1 aliphatic carbocycles. The van der Waals surface area contributed by atoms with E-state index in [9.17, 15) is 0 Å². The molecule has 1 saturated heterocycles. The number of furan rings is 1. The predicted molar refractivity (Wildman–Crippen MR) is 224 cm³/mol. The Hall–Kier alpha value is -7.21.